The van der Waals surface area contributed by atoms with Gasteiger partial charge in [0.05, 0.1) is 11.4 Å². The molecule has 2 nitrogen and oxygen atoms in total. The molecule has 0 bridgehead atoms. The average Bonchev–Trinajstić information content (AvgIpc) is 2.90. The van der Waals surface area contributed by atoms with Crippen molar-refractivity contribution in [2.24, 2.45) is 0 Å². The average molecular weight is 344 g/mol. The maximum atomic E-state index is 5.03. The first-order valence-electron chi connectivity index (χ1n) is 8.54. The van der Waals surface area contributed by atoms with Gasteiger partial charge in [0, 0.05) is 22.6 Å². The highest BCUT2D eigenvalue weighted by molar-refractivity contribution is 7.13. The third-order valence-corrected chi connectivity index (χ3v) is 5.45. The first-order valence-corrected chi connectivity index (χ1v) is 9.35. The molecule has 0 aliphatic carbocycles. The van der Waals surface area contributed by atoms with Gasteiger partial charge in [-0.25, -0.2) is 9.97 Å². The van der Waals surface area contributed by atoms with Crippen molar-refractivity contribution in [3.63, 3.8) is 0 Å². The van der Waals surface area contributed by atoms with E-state index >= 15 is 0 Å². The van der Waals surface area contributed by atoms with Crippen LogP contribution in [0.5, 0.6) is 0 Å². The molecule has 4 rings (SSSR count). The van der Waals surface area contributed by atoms with Crippen LogP contribution in [0.1, 0.15) is 32.3 Å². The monoisotopic (exact) mass is 344 g/mol. The van der Waals surface area contributed by atoms with E-state index in [1.165, 1.54) is 20.9 Å². The molecular formula is C22H20N2S. The Hall–Kier alpha value is -2.52. The van der Waals surface area contributed by atoms with Crippen molar-refractivity contribution in [2.75, 3.05) is 0 Å². The van der Waals surface area contributed by atoms with Gasteiger partial charge in [-0.1, -0.05) is 60.7 Å². The summed E-state index contributed by atoms with van der Waals surface area (Å²) in [6, 6.07) is 21.1. The number of aryl methyl sites for hydroxylation is 2. The summed E-state index contributed by atoms with van der Waals surface area (Å²) in [6.45, 7) is 4.27. The molecule has 3 heteroatoms. The van der Waals surface area contributed by atoms with E-state index in [1.807, 2.05) is 0 Å². The molecule has 0 N–H and O–H groups in total. The Balaban J connectivity index is 1.82. The van der Waals surface area contributed by atoms with Crippen LogP contribution in [0.2, 0.25) is 0 Å². The SMILES string of the molecule is Cc1sc(C)c2nc(Cc3ccccc3)c(Cc3ccccc3)nc12. The topological polar surface area (TPSA) is 25.8 Å². The zero-order valence-corrected chi connectivity index (χ0v) is 15.3. The third kappa shape index (κ3) is 3.33. The van der Waals surface area contributed by atoms with Crippen LogP contribution >= 0.6 is 11.3 Å². The highest BCUT2D eigenvalue weighted by Gasteiger charge is 2.15. The second-order valence-corrected chi connectivity index (χ2v) is 7.78. The minimum Gasteiger partial charge on any atom is -0.248 e. The fourth-order valence-electron chi connectivity index (χ4n) is 3.18. The van der Waals surface area contributed by atoms with Gasteiger partial charge < -0.3 is 0 Å². The highest BCUT2D eigenvalue weighted by atomic mass is 32.1. The van der Waals surface area contributed by atoms with Crippen LogP contribution < -0.4 is 0 Å². The number of benzene rings is 2. The molecule has 0 fully saturated rings. The Bertz CT molecular complexity index is 923. The smallest absolute Gasteiger partial charge is 0.103 e. The van der Waals surface area contributed by atoms with Gasteiger partial charge in [0.25, 0.3) is 0 Å². The van der Waals surface area contributed by atoms with Crippen molar-refractivity contribution in [3.05, 3.63) is 92.9 Å². The van der Waals surface area contributed by atoms with Crippen molar-refractivity contribution < 1.29 is 0 Å². The Morgan fingerprint density at radius 1 is 0.640 bits per heavy atom. The lowest BCUT2D eigenvalue weighted by Gasteiger charge is -2.10. The van der Waals surface area contributed by atoms with Crippen molar-refractivity contribution in [3.8, 4) is 0 Å². The molecule has 2 heterocycles. The van der Waals surface area contributed by atoms with Gasteiger partial charge in [-0.05, 0) is 25.0 Å². The molecule has 0 saturated heterocycles. The number of hydrogen-bond donors (Lipinski definition) is 0. The predicted octanol–water partition coefficient (Wildman–Crippen LogP) is 5.49. The summed E-state index contributed by atoms with van der Waals surface area (Å²) in [5, 5.41) is 0. The van der Waals surface area contributed by atoms with Crippen LogP contribution in [-0.4, -0.2) is 9.97 Å². The molecule has 0 atom stereocenters. The zero-order valence-electron chi connectivity index (χ0n) is 14.5. The molecule has 0 aliphatic heterocycles. The van der Waals surface area contributed by atoms with Gasteiger partial charge in [0.15, 0.2) is 0 Å². The normalized spacial score (nSPS) is 11.1. The lowest BCUT2D eigenvalue weighted by molar-refractivity contribution is 0.968. The summed E-state index contributed by atoms with van der Waals surface area (Å²) >= 11 is 1.79. The number of hydrogen-bond acceptors (Lipinski definition) is 3. The van der Waals surface area contributed by atoms with E-state index in [0.29, 0.717) is 0 Å². The molecule has 2 aromatic heterocycles. The zero-order chi connectivity index (χ0) is 17.2. The molecular weight excluding hydrogens is 324 g/mol. The second-order valence-electron chi connectivity index (χ2n) is 6.35. The molecule has 25 heavy (non-hydrogen) atoms. The van der Waals surface area contributed by atoms with Gasteiger partial charge in [0.1, 0.15) is 11.0 Å². The minimum absolute atomic E-state index is 0.820. The highest BCUT2D eigenvalue weighted by Crippen LogP contribution is 2.29. The van der Waals surface area contributed by atoms with Gasteiger partial charge >= 0.3 is 0 Å². The fraction of sp³-hybridized carbons (Fsp3) is 0.182. The number of aromatic nitrogens is 2. The number of fused-ring (bicyclic) bond motifs is 1. The fourth-order valence-corrected chi connectivity index (χ4v) is 4.12. The van der Waals surface area contributed by atoms with E-state index in [9.17, 15) is 0 Å². The Morgan fingerprint density at radius 2 is 1.04 bits per heavy atom. The summed E-state index contributed by atoms with van der Waals surface area (Å²) < 4.78 is 0. The molecule has 0 unspecified atom stereocenters. The van der Waals surface area contributed by atoms with Crippen LogP contribution in [0.3, 0.4) is 0 Å². The number of thiophene rings is 1. The van der Waals surface area contributed by atoms with Gasteiger partial charge in [-0.3, -0.25) is 0 Å². The van der Waals surface area contributed by atoms with Crippen LogP contribution in [0, 0.1) is 13.8 Å². The van der Waals surface area contributed by atoms with E-state index in [0.717, 1.165) is 35.3 Å². The van der Waals surface area contributed by atoms with E-state index in [2.05, 4.69) is 74.5 Å². The second kappa shape index (κ2) is 6.77. The van der Waals surface area contributed by atoms with Crippen LogP contribution in [-0.2, 0) is 12.8 Å². The molecule has 0 spiro atoms. The Kier molecular flexibility index (Phi) is 4.33. The van der Waals surface area contributed by atoms with Crippen molar-refractivity contribution in [2.45, 2.75) is 26.7 Å². The largest absolute Gasteiger partial charge is 0.248 e. The van der Waals surface area contributed by atoms with Gasteiger partial charge in [-0.2, -0.15) is 0 Å². The summed E-state index contributed by atoms with van der Waals surface area (Å²) in [6.07, 6.45) is 1.64. The lowest BCUT2D eigenvalue weighted by atomic mass is 10.0. The van der Waals surface area contributed by atoms with Crippen molar-refractivity contribution >= 4 is 22.4 Å². The molecule has 0 aliphatic rings. The quantitative estimate of drug-likeness (QED) is 0.489. The number of rotatable bonds is 4. The summed E-state index contributed by atoms with van der Waals surface area (Å²) in [5.74, 6) is 0. The van der Waals surface area contributed by atoms with Crippen LogP contribution in [0.4, 0.5) is 0 Å². The summed E-state index contributed by atoms with van der Waals surface area (Å²) in [4.78, 5) is 12.6. The lowest BCUT2D eigenvalue weighted by Crippen LogP contribution is -2.04. The maximum Gasteiger partial charge on any atom is 0.103 e. The van der Waals surface area contributed by atoms with Crippen molar-refractivity contribution in [1.29, 1.82) is 0 Å². The molecule has 4 aromatic rings. The predicted molar refractivity (Wildman–Crippen MR) is 105 cm³/mol. The van der Waals surface area contributed by atoms with E-state index < -0.39 is 0 Å². The molecule has 0 saturated carbocycles. The molecule has 0 amide bonds. The Labute approximate surface area is 152 Å². The summed E-state index contributed by atoms with van der Waals surface area (Å²) in [5.41, 5.74) is 6.84. The maximum absolute atomic E-state index is 5.03. The first kappa shape index (κ1) is 16.0. The molecule has 124 valence electrons. The van der Waals surface area contributed by atoms with E-state index in [1.54, 1.807) is 11.3 Å². The summed E-state index contributed by atoms with van der Waals surface area (Å²) in [7, 11) is 0. The number of nitrogens with zero attached hydrogens (tertiary/aromatic N) is 2. The molecule has 2 aromatic carbocycles. The Morgan fingerprint density at radius 3 is 1.44 bits per heavy atom. The van der Waals surface area contributed by atoms with Crippen LogP contribution in [0.25, 0.3) is 11.0 Å². The van der Waals surface area contributed by atoms with Gasteiger partial charge in [0.2, 0.25) is 0 Å². The molecule has 0 radical (unpaired) electrons. The minimum atomic E-state index is 0.820. The first-order chi connectivity index (χ1) is 12.2. The van der Waals surface area contributed by atoms with E-state index in [-0.39, 0.29) is 0 Å². The van der Waals surface area contributed by atoms with Crippen molar-refractivity contribution in [1.82, 2.24) is 9.97 Å². The standard InChI is InChI=1S/C22H20N2S/c1-15-21-22(16(2)25-15)24-20(14-18-11-7-4-8-12-18)19(23-21)13-17-9-5-3-6-10-17/h3-12H,13-14H2,1-2H3. The van der Waals surface area contributed by atoms with Gasteiger partial charge in [-0.15, -0.1) is 11.3 Å². The third-order valence-electron chi connectivity index (χ3n) is 4.45. The van der Waals surface area contributed by atoms with Crippen LogP contribution in [0.15, 0.2) is 60.7 Å². The van der Waals surface area contributed by atoms with E-state index in [4.69, 9.17) is 9.97 Å².